The highest BCUT2D eigenvalue weighted by Gasteiger charge is 2.17. The number of amides is 1. The Morgan fingerprint density at radius 2 is 1.97 bits per heavy atom. The molecule has 11 heteroatoms. The second kappa shape index (κ2) is 8.62. The van der Waals surface area contributed by atoms with Gasteiger partial charge < -0.3 is 21.4 Å². The number of nitrogens with zero attached hydrogens (tertiary/aromatic N) is 7. The van der Waals surface area contributed by atoms with E-state index in [2.05, 4.69) is 30.0 Å². The lowest BCUT2D eigenvalue weighted by molar-refractivity contribution is -0.117. The van der Waals surface area contributed by atoms with Gasteiger partial charge in [-0.1, -0.05) is 0 Å². The molecule has 5 heterocycles. The van der Waals surface area contributed by atoms with Gasteiger partial charge in [-0.25, -0.2) is 9.97 Å². The molecule has 5 N–H and O–H groups in total. The molecule has 0 aliphatic carbocycles. The molecule has 0 aromatic carbocycles. The molecule has 0 unspecified atom stereocenters. The van der Waals surface area contributed by atoms with Gasteiger partial charge in [0.1, 0.15) is 11.5 Å². The molecule has 5 rings (SSSR count). The molecule has 1 amide bonds. The smallest absolute Gasteiger partial charge is 0.222 e. The Morgan fingerprint density at radius 1 is 1.15 bits per heavy atom. The van der Waals surface area contributed by atoms with Gasteiger partial charge in [0.15, 0.2) is 0 Å². The van der Waals surface area contributed by atoms with Gasteiger partial charge in [-0.3, -0.25) is 14.5 Å². The number of primary amides is 1. The third-order valence-electron chi connectivity index (χ3n) is 5.41. The molecule has 11 nitrogen and oxygen atoms in total. The number of rotatable bonds is 7. The van der Waals surface area contributed by atoms with Crippen molar-refractivity contribution in [1.29, 1.82) is 0 Å². The predicted molar refractivity (Wildman–Crippen MR) is 129 cm³/mol. The van der Waals surface area contributed by atoms with Crippen molar-refractivity contribution < 1.29 is 4.79 Å². The van der Waals surface area contributed by atoms with Gasteiger partial charge in [-0.05, 0) is 18.2 Å². The van der Waals surface area contributed by atoms with Gasteiger partial charge in [-0.15, -0.1) is 0 Å². The number of aryl methyl sites for hydroxylation is 1. The number of carbonyl (C=O) groups is 1. The summed E-state index contributed by atoms with van der Waals surface area (Å²) >= 11 is 0. The lowest BCUT2D eigenvalue weighted by Gasteiger charge is -2.23. The number of anilines is 3. The number of nitrogens with one attached hydrogen (secondary N) is 1. The summed E-state index contributed by atoms with van der Waals surface area (Å²) in [6.45, 7) is 0.329. The number of H-pyrrole nitrogens is 1. The zero-order chi connectivity index (χ0) is 23.7. The highest BCUT2D eigenvalue weighted by Crippen LogP contribution is 2.33. The van der Waals surface area contributed by atoms with Crippen LogP contribution in [0.4, 0.5) is 17.5 Å². The lowest BCUT2D eigenvalue weighted by atomic mass is 10.1. The topological polar surface area (TPSA) is 158 Å². The van der Waals surface area contributed by atoms with Gasteiger partial charge in [0.2, 0.25) is 11.9 Å². The Hall–Kier alpha value is -4.80. The second-order valence-electron chi connectivity index (χ2n) is 7.77. The Labute approximate surface area is 194 Å². The maximum absolute atomic E-state index is 11.5. The molecule has 0 saturated heterocycles. The van der Waals surface area contributed by atoms with E-state index in [-0.39, 0.29) is 12.4 Å². The number of hydrogen-bond acceptors (Lipinski definition) is 8. The molecule has 0 radical (unpaired) electrons. The fourth-order valence-electron chi connectivity index (χ4n) is 3.79. The number of nitrogens with two attached hydrogens (primary N) is 2. The van der Waals surface area contributed by atoms with Crippen LogP contribution in [0.1, 0.15) is 6.42 Å². The minimum absolute atomic E-state index is 0.108. The van der Waals surface area contributed by atoms with Crippen molar-refractivity contribution in [3.8, 4) is 22.4 Å². The summed E-state index contributed by atoms with van der Waals surface area (Å²) in [6, 6.07) is 7.53. The number of aromatic nitrogens is 7. The van der Waals surface area contributed by atoms with Crippen LogP contribution in [0.5, 0.6) is 0 Å². The number of carbonyl (C=O) groups excluding carboxylic acids is 1. The molecule has 0 saturated carbocycles. The van der Waals surface area contributed by atoms with Crippen molar-refractivity contribution in [2.75, 3.05) is 17.2 Å². The summed E-state index contributed by atoms with van der Waals surface area (Å²) in [5.74, 6) is 0.240. The first-order chi connectivity index (χ1) is 16.5. The van der Waals surface area contributed by atoms with Gasteiger partial charge in [0.05, 0.1) is 11.9 Å². The molecule has 170 valence electrons. The van der Waals surface area contributed by atoms with Crippen molar-refractivity contribution in [1.82, 2.24) is 34.7 Å². The molecule has 34 heavy (non-hydrogen) atoms. The van der Waals surface area contributed by atoms with Crippen LogP contribution in [-0.2, 0) is 11.8 Å². The number of fused-ring (bicyclic) bond motifs is 1. The highest BCUT2D eigenvalue weighted by molar-refractivity contribution is 5.95. The van der Waals surface area contributed by atoms with E-state index in [4.69, 9.17) is 11.5 Å². The van der Waals surface area contributed by atoms with E-state index in [9.17, 15) is 4.79 Å². The Morgan fingerprint density at radius 3 is 2.71 bits per heavy atom. The first-order valence-corrected chi connectivity index (χ1v) is 10.5. The van der Waals surface area contributed by atoms with Gasteiger partial charge >= 0.3 is 0 Å². The van der Waals surface area contributed by atoms with E-state index in [1.165, 1.54) is 0 Å². The Kier molecular flexibility index (Phi) is 5.34. The van der Waals surface area contributed by atoms with Gasteiger partial charge in [-0.2, -0.15) is 10.1 Å². The van der Waals surface area contributed by atoms with Crippen molar-refractivity contribution in [2.24, 2.45) is 12.8 Å². The first kappa shape index (κ1) is 21.1. The summed E-state index contributed by atoms with van der Waals surface area (Å²) in [7, 11) is 1.87. The van der Waals surface area contributed by atoms with Crippen LogP contribution >= 0.6 is 0 Å². The van der Waals surface area contributed by atoms with E-state index < -0.39 is 5.91 Å². The minimum Gasteiger partial charge on any atom is -0.370 e. The number of pyridine rings is 2. The summed E-state index contributed by atoms with van der Waals surface area (Å²) in [5, 5.41) is 5.13. The van der Waals surface area contributed by atoms with Crippen LogP contribution in [0, 0.1) is 0 Å². The van der Waals surface area contributed by atoms with Crippen LogP contribution in [0.15, 0.2) is 61.4 Å². The average molecular weight is 454 g/mol. The summed E-state index contributed by atoms with van der Waals surface area (Å²) < 4.78 is 1.74. The molecule has 5 aromatic heterocycles. The normalized spacial score (nSPS) is 11.1. The van der Waals surface area contributed by atoms with Crippen molar-refractivity contribution in [3.63, 3.8) is 0 Å². The van der Waals surface area contributed by atoms with Crippen LogP contribution < -0.4 is 16.4 Å². The van der Waals surface area contributed by atoms with Crippen LogP contribution in [-0.4, -0.2) is 47.2 Å². The van der Waals surface area contributed by atoms with E-state index in [0.717, 1.165) is 33.4 Å². The monoisotopic (exact) mass is 454 g/mol. The Bertz CT molecular complexity index is 1470. The van der Waals surface area contributed by atoms with Crippen molar-refractivity contribution in [3.05, 3.63) is 61.4 Å². The SMILES string of the molecule is Cn1cc(-c2cnc3[nH]cc(-c4cc(N(CCC(N)=O)c5ccncc5)nc(N)n4)c3c2)cn1. The molecule has 0 atom stereocenters. The quantitative estimate of drug-likeness (QED) is 0.338. The Balaban J connectivity index is 1.60. The highest BCUT2D eigenvalue weighted by atomic mass is 16.1. The molecular weight excluding hydrogens is 432 g/mol. The zero-order valence-electron chi connectivity index (χ0n) is 18.4. The number of aromatic amines is 1. The zero-order valence-corrected chi connectivity index (χ0v) is 18.4. The molecule has 0 spiro atoms. The van der Waals surface area contributed by atoms with Gasteiger partial charge in [0, 0.05) is 84.8 Å². The number of hydrogen-bond donors (Lipinski definition) is 3. The molecule has 0 bridgehead atoms. The van der Waals surface area contributed by atoms with Crippen LogP contribution in [0.25, 0.3) is 33.4 Å². The van der Waals surface area contributed by atoms with Crippen LogP contribution in [0.2, 0.25) is 0 Å². The maximum Gasteiger partial charge on any atom is 0.222 e. The minimum atomic E-state index is -0.410. The predicted octanol–water partition coefficient (Wildman–Crippen LogP) is 2.41. The molecular formula is C23H22N10O. The van der Waals surface area contributed by atoms with E-state index >= 15 is 0 Å². The van der Waals surface area contributed by atoms with Crippen molar-refractivity contribution >= 4 is 34.4 Å². The van der Waals surface area contributed by atoms with Crippen LogP contribution in [0.3, 0.4) is 0 Å². The third kappa shape index (κ3) is 4.13. The maximum atomic E-state index is 11.5. The lowest BCUT2D eigenvalue weighted by Crippen LogP contribution is -2.25. The van der Waals surface area contributed by atoms with E-state index in [0.29, 0.717) is 18.1 Å². The number of nitrogen functional groups attached to an aromatic ring is 1. The fourth-order valence-corrected chi connectivity index (χ4v) is 3.79. The van der Waals surface area contributed by atoms with Gasteiger partial charge in [0.25, 0.3) is 0 Å². The van der Waals surface area contributed by atoms with E-state index in [1.54, 1.807) is 29.5 Å². The summed E-state index contributed by atoms with van der Waals surface area (Å²) in [4.78, 5) is 34.1. The largest absolute Gasteiger partial charge is 0.370 e. The first-order valence-electron chi connectivity index (χ1n) is 10.5. The summed E-state index contributed by atoms with van der Waals surface area (Å²) in [6.07, 6.45) is 10.9. The molecule has 0 aliphatic heterocycles. The fraction of sp³-hybridized carbons (Fsp3) is 0.130. The third-order valence-corrected chi connectivity index (χ3v) is 5.41. The molecule has 0 fully saturated rings. The average Bonchev–Trinajstić information content (AvgIpc) is 3.45. The van der Waals surface area contributed by atoms with Crippen molar-refractivity contribution in [2.45, 2.75) is 6.42 Å². The standard InChI is InChI=1S/C23H22N10O/c1-32-13-15(11-29-32)14-8-17-18(12-28-22(17)27-10-14)19-9-21(31-23(25)30-19)33(7-4-20(24)34)16-2-5-26-6-3-16/h2-3,5-6,8-13H,4,7H2,1H3,(H2,24,34)(H,27,28)(H2,25,30,31). The summed E-state index contributed by atoms with van der Waals surface area (Å²) in [5.41, 5.74) is 16.4. The molecule has 0 aliphatic rings. The van der Waals surface area contributed by atoms with E-state index in [1.807, 2.05) is 48.6 Å². The molecule has 5 aromatic rings. The second-order valence-corrected chi connectivity index (χ2v) is 7.77.